The zero-order chi connectivity index (χ0) is 14.1. The molecule has 0 atom stereocenters. The molecule has 1 fully saturated rings. The van der Waals surface area contributed by atoms with Crippen molar-refractivity contribution in [2.45, 2.75) is 40.0 Å². The number of carbonyl (C=O) groups is 1. The van der Waals surface area contributed by atoms with Crippen LogP contribution in [0.25, 0.3) is 0 Å². The molecule has 1 rings (SSSR count). The van der Waals surface area contributed by atoms with Crippen molar-refractivity contribution in [3.63, 3.8) is 0 Å². The molecule has 1 aliphatic rings. The number of guanidine groups is 1. The van der Waals surface area contributed by atoms with E-state index >= 15 is 0 Å². The molecule has 0 aromatic heterocycles. The Morgan fingerprint density at radius 2 is 2.21 bits per heavy atom. The van der Waals surface area contributed by atoms with Crippen LogP contribution in [-0.2, 0) is 4.79 Å². The van der Waals surface area contributed by atoms with Crippen molar-refractivity contribution in [2.24, 2.45) is 10.9 Å². The first-order valence-corrected chi connectivity index (χ1v) is 7.43. The number of amides is 1. The first-order chi connectivity index (χ1) is 9.13. The highest BCUT2D eigenvalue weighted by Crippen LogP contribution is 2.09. The standard InChI is InChI=1S/C14H28N4O/c1-4-15-14(17-11-12(2)3)16-8-6-10-18-9-5-7-13(18)19/h12H,4-11H2,1-3H3,(H2,15,16,17). The highest BCUT2D eigenvalue weighted by molar-refractivity contribution is 5.79. The molecule has 1 heterocycles. The number of nitrogens with zero attached hydrogens (tertiary/aromatic N) is 2. The molecule has 0 aliphatic carbocycles. The van der Waals surface area contributed by atoms with Crippen molar-refractivity contribution < 1.29 is 4.79 Å². The number of likely N-dealkylation sites (tertiary alicyclic amines) is 1. The highest BCUT2D eigenvalue weighted by atomic mass is 16.2. The van der Waals surface area contributed by atoms with Gasteiger partial charge < -0.3 is 15.5 Å². The lowest BCUT2D eigenvalue weighted by Crippen LogP contribution is -2.39. The Morgan fingerprint density at radius 3 is 2.79 bits per heavy atom. The van der Waals surface area contributed by atoms with Crippen molar-refractivity contribution in [3.8, 4) is 0 Å². The minimum absolute atomic E-state index is 0.306. The molecule has 0 radical (unpaired) electrons. The number of nitrogens with one attached hydrogen (secondary N) is 2. The molecular weight excluding hydrogens is 240 g/mol. The summed E-state index contributed by atoms with van der Waals surface area (Å²) in [4.78, 5) is 17.9. The fourth-order valence-corrected chi connectivity index (χ4v) is 2.03. The van der Waals surface area contributed by atoms with Gasteiger partial charge in [0.05, 0.1) is 0 Å². The SMILES string of the molecule is CCNC(=NCC(C)C)NCCCN1CCCC1=O. The summed E-state index contributed by atoms with van der Waals surface area (Å²) in [6.45, 7) is 10.7. The van der Waals surface area contributed by atoms with E-state index in [2.05, 4.69) is 36.4 Å². The molecule has 5 nitrogen and oxygen atoms in total. The fraction of sp³-hybridized carbons (Fsp3) is 0.857. The van der Waals surface area contributed by atoms with Crippen molar-refractivity contribution in [1.29, 1.82) is 0 Å². The van der Waals surface area contributed by atoms with Crippen LogP contribution in [0.4, 0.5) is 0 Å². The molecule has 0 aromatic rings. The molecular formula is C14H28N4O. The van der Waals surface area contributed by atoms with E-state index in [0.717, 1.165) is 57.9 Å². The van der Waals surface area contributed by atoms with Crippen LogP contribution in [0.15, 0.2) is 4.99 Å². The van der Waals surface area contributed by atoms with Gasteiger partial charge in [-0.2, -0.15) is 0 Å². The summed E-state index contributed by atoms with van der Waals surface area (Å²) in [5.41, 5.74) is 0. The molecule has 1 saturated heterocycles. The monoisotopic (exact) mass is 268 g/mol. The van der Waals surface area contributed by atoms with E-state index in [1.54, 1.807) is 0 Å². The molecule has 0 bridgehead atoms. The van der Waals surface area contributed by atoms with Gasteiger partial charge in [-0.15, -0.1) is 0 Å². The van der Waals surface area contributed by atoms with Crippen molar-refractivity contribution >= 4 is 11.9 Å². The van der Waals surface area contributed by atoms with Gasteiger partial charge in [0.25, 0.3) is 0 Å². The second kappa shape index (κ2) is 8.77. The van der Waals surface area contributed by atoms with E-state index in [1.165, 1.54) is 0 Å². The van der Waals surface area contributed by atoms with Gasteiger partial charge in [-0.25, -0.2) is 0 Å². The zero-order valence-electron chi connectivity index (χ0n) is 12.5. The van der Waals surface area contributed by atoms with Gasteiger partial charge in [-0.1, -0.05) is 13.8 Å². The summed E-state index contributed by atoms with van der Waals surface area (Å²) < 4.78 is 0. The third-order valence-electron chi connectivity index (χ3n) is 3.03. The van der Waals surface area contributed by atoms with Crippen LogP contribution in [0.1, 0.15) is 40.0 Å². The van der Waals surface area contributed by atoms with Crippen LogP contribution >= 0.6 is 0 Å². The average Bonchev–Trinajstić information content (AvgIpc) is 2.77. The second-order valence-electron chi connectivity index (χ2n) is 5.38. The van der Waals surface area contributed by atoms with Crippen molar-refractivity contribution in [2.75, 3.05) is 32.7 Å². The van der Waals surface area contributed by atoms with Crippen molar-refractivity contribution in [3.05, 3.63) is 0 Å². The predicted molar refractivity (Wildman–Crippen MR) is 79.3 cm³/mol. The van der Waals surface area contributed by atoms with Gasteiger partial charge in [0.15, 0.2) is 5.96 Å². The number of hydrogen-bond donors (Lipinski definition) is 2. The normalized spacial score (nSPS) is 16.3. The van der Waals surface area contributed by atoms with Crippen LogP contribution in [0.5, 0.6) is 0 Å². The summed E-state index contributed by atoms with van der Waals surface area (Å²) in [6.07, 6.45) is 2.72. The number of rotatable bonds is 7. The Balaban J connectivity index is 2.20. The van der Waals surface area contributed by atoms with Gasteiger partial charge in [-0.3, -0.25) is 9.79 Å². The first-order valence-electron chi connectivity index (χ1n) is 7.43. The largest absolute Gasteiger partial charge is 0.357 e. The molecule has 1 amide bonds. The molecule has 0 saturated carbocycles. The van der Waals surface area contributed by atoms with Crippen LogP contribution < -0.4 is 10.6 Å². The molecule has 5 heteroatoms. The maximum Gasteiger partial charge on any atom is 0.222 e. The highest BCUT2D eigenvalue weighted by Gasteiger charge is 2.18. The van der Waals surface area contributed by atoms with Crippen LogP contribution in [0.2, 0.25) is 0 Å². The van der Waals surface area contributed by atoms with Crippen LogP contribution in [-0.4, -0.2) is 49.5 Å². The Kier molecular flexibility index (Phi) is 7.30. The van der Waals surface area contributed by atoms with Gasteiger partial charge in [0.2, 0.25) is 5.91 Å². The number of aliphatic imine (C=N–C) groups is 1. The summed E-state index contributed by atoms with van der Waals surface area (Å²) in [5.74, 6) is 1.75. The summed E-state index contributed by atoms with van der Waals surface area (Å²) in [7, 11) is 0. The Labute approximate surface area is 116 Å². The fourth-order valence-electron chi connectivity index (χ4n) is 2.03. The predicted octanol–water partition coefficient (Wildman–Crippen LogP) is 1.21. The maximum atomic E-state index is 11.5. The molecule has 0 aromatic carbocycles. The van der Waals surface area contributed by atoms with Crippen LogP contribution in [0, 0.1) is 5.92 Å². The third-order valence-corrected chi connectivity index (χ3v) is 3.03. The Morgan fingerprint density at radius 1 is 1.42 bits per heavy atom. The summed E-state index contributed by atoms with van der Waals surface area (Å²) >= 11 is 0. The first kappa shape index (κ1) is 15.8. The topological polar surface area (TPSA) is 56.7 Å². The third kappa shape index (κ3) is 6.45. The lowest BCUT2D eigenvalue weighted by Gasteiger charge is -2.16. The minimum Gasteiger partial charge on any atom is -0.357 e. The van der Waals surface area contributed by atoms with E-state index in [9.17, 15) is 4.79 Å². The Hall–Kier alpha value is -1.26. The molecule has 19 heavy (non-hydrogen) atoms. The molecule has 110 valence electrons. The zero-order valence-corrected chi connectivity index (χ0v) is 12.5. The second-order valence-corrected chi connectivity index (χ2v) is 5.38. The molecule has 2 N–H and O–H groups in total. The van der Waals surface area contributed by atoms with E-state index < -0.39 is 0 Å². The number of carbonyl (C=O) groups excluding carboxylic acids is 1. The van der Waals surface area contributed by atoms with E-state index in [4.69, 9.17) is 0 Å². The van der Waals surface area contributed by atoms with Gasteiger partial charge >= 0.3 is 0 Å². The lowest BCUT2D eigenvalue weighted by atomic mass is 10.2. The number of hydrogen-bond acceptors (Lipinski definition) is 2. The smallest absolute Gasteiger partial charge is 0.222 e. The summed E-state index contributed by atoms with van der Waals surface area (Å²) in [5, 5.41) is 6.55. The van der Waals surface area contributed by atoms with E-state index in [1.807, 2.05) is 4.90 Å². The van der Waals surface area contributed by atoms with Gasteiger partial charge in [0, 0.05) is 39.1 Å². The quantitative estimate of drug-likeness (QED) is 0.414. The van der Waals surface area contributed by atoms with Gasteiger partial charge in [0.1, 0.15) is 0 Å². The lowest BCUT2D eigenvalue weighted by molar-refractivity contribution is -0.127. The van der Waals surface area contributed by atoms with Crippen LogP contribution in [0.3, 0.4) is 0 Å². The Bertz CT molecular complexity index is 302. The molecule has 0 spiro atoms. The summed E-state index contributed by atoms with van der Waals surface area (Å²) in [6, 6.07) is 0. The van der Waals surface area contributed by atoms with E-state index in [0.29, 0.717) is 11.8 Å². The van der Waals surface area contributed by atoms with Crippen molar-refractivity contribution in [1.82, 2.24) is 15.5 Å². The van der Waals surface area contributed by atoms with Gasteiger partial charge in [-0.05, 0) is 25.7 Å². The minimum atomic E-state index is 0.306. The maximum absolute atomic E-state index is 11.5. The average molecular weight is 268 g/mol. The molecule has 0 unspecified atom stereocenters. The molecule has 1 aliphatic heterocycles. The van der Waals surface area contributed by atoms with E-state index in [-0.39, 0.29) is 0 Å².